The predicted octanol–water partition coefficient (Wildman–Crippen LogP) is 3.44. The topological polar surface area (TPSA) is 47.3 Å². The van der Waals surface area contributed by atoms with E-state index in [2.05, 4.69) is 11.0 Å². The number of carbonyl (C=O) groups is 1. The SMILES string of the molecule is C[C@H](SC(=S)N1CCCC1)C(=O)N(CCC#N)c1ccccc1. The first-order valence-corrected chi connectivity index (χ1v) is 9.11. The molecule has 0 bridgehead atoms. The van der Waals surface area contributed by atoms with Gasteiger partial charge in [-0.3, -0.25) is 4.79 Å². The van der Waals surface area contributed by atoms with Gasteiger partial charge in [0.15, 0.2) is 0 Å². The highest BCUT2D eigenvalue weighted by molar-refractivity contribution is 8.23. The van der Waals surface area contributed by atoms with Gasteiger partial charge in [0.1, 0.15) is 4.32 Å². The second-order valence-electron chi connectivity index (χ2n) is 5.45. The van der Waals surface area contributed by atoms with Crippen molar-refractivity contribution in [1.82, 2.24) is 4.90 Å². The summed E-state index contributed by atoms with van der Waals surface area (Å²) in [6, 6.07) is 11.6. The molecule has 1 aliphatic rings. The standard InChI is InChI=1S/C17H21N3OS2/c1-14(23-17(22)19-11-5-6-12-19)16(21)20(13-7-10-18)15-8-3-2-4-9-15/h2-4,8-9,14H,5-7,11-13H2,1H3/t14-/m0/s1. The Morgan fingerprint density at radius 2 is 2.04 bits per heavy atom. The van der Waals surface area contributed by atoms with Crippen molar-refractivity contribution < 1.29 is 4.79 Å². The Kier molecular flexibility index (Phi) is 6.87. The number of anilines is 1. The largest absolute Gasteiger partial charge is 0.358 e. The van der Waals surface area contributed by atoms with Crippen LogP contribution in [0.1, 0.15) is 26.2 Å². The molecule has 0 N–H and O–H groups in total. The Morgan fingerprint density at radius 3 is 2.65 bits per heavy atom. The second-order valence-corrected chi connectivity index (χ2v) is 7.43. The van der Waals surface area contributed by atoms with Gasteiger partial charge in [-0.1, -0.05) is 42.2 Å². The lowest BCUT2D eigenvalue weighted by Crippen LogP contribution is -2.38. The Morgan fingerprint density at radius 1 is 1.39 bits per heavy atom. The number of para-hydroxylation sites is 1. The minimum Gasteiger partial charge on any atom is -0.358 e. The summed E-state index contributed by atoms with van der Waals surface area (Å²) in [5.74, 6) is -0.00185. The van der Waals surface area contributed by atoms with Gasteiger partial charge in [-0.15, -0.1) is 0 Å². The van der Waals surface area contributed by atoms with E-state index >= 15 is 0 Å². The molecule has 2 rings (SSSR count). The highest BCUT2D eigenvalue weighted by atomic mass is 32.2. The lowest BCUT2D eigenvalue weighted by molar-refractivity contribution is -0.117. The number of thioether (sulfide) groups is 1. The lowest BCUT2D eigenvalue weighted by Gasteiger charge is -2.26. The summed E-state index contributed by atoms with van der Waals surface area (Å²) in [5, 5.41) is 8.59. The molecule has 1 saturated heterocycles. The van der Waals surface area contributed by atoms with E-state index in [9.17, 15) is 4.79 Å². The molecule has 122 valence electrons. The fourth-order valence-corrected chi connectivity index (χ4v) is 4.01. The molecule has 0 aliphatic carbocycles. The van der Waals surface area contributed by atoms with Crippen LogP contribution in [0.4, 0.5) is 5.69 Å². The minimum atomic E-state index is -0.262. The maximum Gasteiger partial charge on any atom is 0.240 e. The van der Waals surface area contributed by atoms with Crippen LogP contribution in [0.5, 0.6) is 0 Å². The van der Waals surface area contributed by atoms with Gasteiger partial charge < -0.3 is 9.80 Å². The number of carbonyl (C=O) groups excluding carboxylic acids is 1. The molecular formula is C17H21N3OS2. The fraction of sp³-hybridized carbons (Fsp3) is 0.471. The van der Waals surface area contributed by atoms with Crippen LogP contribution in [-0.4, -0.2) is 40.0 Å². The zero-order valence-electron chi connectivity index (χ0n) is 13.3. The third-order valence-corrected chi connectivity index (χ3v) is 5.33. The number of rotatable bonds is 5. The van der Waals surface area contributed by atoms with Gasteiger partial charge in [-0.25, -0.2) is 0 Å². The van der Waals surface area contributed by atoms with E-state index in [1.807, 2.05) is 37.3 Å². The first-order chi connectivity index (χ1) is 11.1. The van der Waals surface area contributed by atoms with Crippen LogP contribution in [0.25, 0.3) is 0 Å². The molecule has 1 aromatic carbocycles. The lowest BCUT2D eigenvalue weighted by atomic mass is 10.2. The van der Waals surface area contributed by atoms with E-state index < -0.39 is 0 Å². The number of likely N-dealkylation sites (tertiary alicyclic amines) is 1. The minimum absolute atomic E-state index is 0.00185. The van der Waals surface area contributed by atoms with E-state index in [1.54, 1.807) is 4.90 Å². The van der Waals surface area contributed by atoms with Gasteiger partial charge in [0.25, 0.3) is 0 Å². The molecule has 0 aromatic heterocycles. The first kappa shape index (κ1) is 17.8. The van der Waals surface area contributed by atoms with Crippen molar-refractivity contribution in [2.24, 2.45) is 0 Å². The van der Waals surface area contributed by atoms with Gasteiger partial charge in [-0.05, 0) is 31.9 Å². The van der Waals surface area contributed by atoms with Crippen LogP contribution in [0.2, 0.25) is 0 Å². The molecule has 0 saturated carbocycles. The van der Waals surface area contributed by atoms with E-state index in [0.29, 0.717) is 13.0 Å². The van der Waals surface area contributed by atoms with Crippen molar-refractivity contribution in [3.05, 3.63) is 30.3 Å². The quantitative estimate of drug-likeness (QED) is 0.764. The van der Waals surface area contributed by atoms with Crippen LogP contribution in [0.15, 0.2) is 30.3 Å². The summed E-state index contributed by atoms with van der Waals surface area (Å²) >= 11 is 6.91. The molecule has 0 spiro atoms. The average molecular weight is 348 g/mol. The summed E-state index contributed by atoms with van der Waals surface area (Å²) < 4.78 is 0.802. The number of nitriles is 1. The van der Waals surface area contributed by atoms with Crippen molar-refractivity contribution in [3.8, 4) is 6.07 Å². The Hall–Kier alpha value is -1.58. The number of amides is 1. The maximum atomic E-state index is 12.8. The fourth-order valence-electron chi connectivity index (χ4n) is 2.53. The zero-order chi connectivity index (χ0) is 16.7. The van der Waals surface area contributed by atoms with Gasteiger partial charge >= 0.3 is 0 Å². The highest BCUT2D eigenvalue weighted by Gasteiger charge is 2.25. The van der Waals surface area contributed by atoms with Crippen molar-refractivity contribution in [3.63, 3.8) is 0 Å². The normalized spacial score (nSPS) is 15.0. The van der Waals surface area contributed by atoms with Crippen LogP contribution >= 0.6 is 24.0 Å². The van der Waals surface area contributed by atoms with Crippen LogP contribution in [0, 0.1) is 11.3 Å². The number of hydrogen-bond acceptors (Lipinski definition) is 4. The van der Waals surface area contributed by atoms with Crippen LogP contribution in [-0.2, 0) is 4.79 Å². The smallest absolute Gasteiger partial charge is 0.240 e. The van der Waals surface area contributed by atoms with Gasteiger partial charge in [0, 0.05) is 25.3 Å². The van der Waals surface area contributed by atoms with E-state index in [1.165, 1.54) is 24.6 Å². The first-order valence-electron chi connectivity index (χ1n) is 7.82. The zero-order valence-corrected chi connectivity index (χ0v) is 14.9. The molecular weight excluding hydrogens is 326 g/mol. The summed E-state index contributed by atoms with van der Waals surface area (Å²) in [5.41, 5.74) is 0.826. The van der Waals surface area contributed by atoms with Crippen molar-refractivity contribution in [2.75, 3.05) is 24.5 Å². The van der Waals surface area contributed by atoms with Crippen molar-refractivity contribution >= 4 is 39.9 Å². The van der Waals surface area contributed by atoms with Gasteiger partial charge in [-0.2, -0.15) is 5.26 Å². The molecule has 1 aliphatic heterocycles. The third-order valence-electron chi connectivity index (χ3n) is 3.77. The Balaban J connectivity index is 2.03. The number of benzene rings is 1. The molecule has 1 amide bonds. The molecule has 6 heteroatoms. The van der Waals surface area contributed by atoms with Crippen molar-refractivity contribution in [1.29, 1.82) is 5.26 Å². The average Bonchev–Trinajstić information content (AvgIpc) is 3.10. The third kappa shape index (κ3) is 4.95. The summed E-state index contributed by atoms with van der Waals surface area (Å²) in [6.07, 6.45) is 2.65. The van der Waals surface area contributed by atoms with Crippen LogP contribution in [0.3, 0.4) is 0 Å². The molecule has 1 aromatic rings. The molecule has 1 atom stereocenters. The maximum absolute atomic E-state index is 12.8. The summed E-state index contributed by atoms with van der Waals surface area (Å²) in [7, 11) is 0. The van der Waals surface area contributed by atoms with Crippen LogP contribution < -0.4 is 4.90 Å². The Bertz CT molecular complexity index is 579. The molecule has 1 fully saturated rings. The van der Waals surface area contributed by atoms with Gasteiger partial charge in [0.05, 0.1) is 17.7 Å². The molecule has 0 radical (unpaired) electrons. The number of thiocarbonyl (C=S) groups is 1. The molecule has 4 nitrogen and oxygen atoms in total. The van der Waals surface area contributed by atoms with E-state index in [-0.39, 0.29) is 11.2 Å². The summed E-state index contributed by atoms with van der Waals surface area (Å²) in [6.45, 7) is 4.27. The Labute approximate surface area is 147 Å². The monoisotopic (exact) mass is 347 g/mol. The number of hydrogen-bond donors (Lipinski definition) is 0. The highest BCUT2D eigenvalue weighted by Crippen LogP contribution is 2.24. The van der Waals surface area contributed by atoms with E-state index in [4.69, 9.17) is 17.5 Å². The predicted molar refractivity (Wildman–Crippen MR) is 99.5 cm³/mol. The van der Waals surface area contributed by atoms with E-state index in [0.717, 1.165) is 23.1 Å². The van der Waals surface area contributed by atoms with Crippen molar-refractivity contribution in [2.45, 2.75) is 31.4 Å². The molecule has 23 heavy (non-hydrogen) atoms. The second kappa shape index (κ2) is 8.90. The summed E-state index contributed by atoms with van der Waals surface area (Å²) in [4.78, 5) is 16.7. The number of nitrogens with zero attached hydrogens (tertiary/aromatic N) is 3. The van der Waals surface area contributed by atoms with Gasteiger partial charge in [0.2, 0.25) is 5.91 Å². The molecule has 1 heterocycles. The molecule has 0 unspecified atom stereocenters.